The summed E-state index contributed by atoms with van der Waals surface area (Å²) in [6, 6.07) is 13.1. The van der Waals surface area contributed by atoms with Gasteiger partial charge in [-0.25, -0.2) is 4.79 Å². The molecule has 0 saturated carbocycles. The maximum Gasteiger partial charge on any atom is 0.441 e. The lowest BCUT2D eigenvalue weighted by atomic mass is 10.2. The number of benzene rings is 1. The van der Waals surface area contributed by atoms with Gasteiger partial charge in [0.2, 0.25) is 0 Å². The van der Waals surface area contributed by atoms with Crippen molar-refractivity contribution in [3.8, 4) is 11.4 Å². The van der Waals surface area contributed by atoms with E-state index in [4.69, 9.17) is 8.94 Å². The lowest BCUT2D eigenvalue weighted by molar-refractivity contribution is 0.102. The SMILES string of the molecule is Cc1ccc(CN(C)CC(O)Cn2c(-c3ccccc3)noc2=O)o1. The number of aryl methyl sites for hydroxylation is 1. The average molecular weight is 343 g/mol. The van der Waals surface area contributed by atoms with Crippen LogP contribution in [0, 0.1) is 6.92 Å². The van der Waals surface area contributed by atoms with Crippen molar-refractivity contribution in [3.05, 3.63) is 64.5 Å². The van der Waals surface area contributed by atoms with E-state index in [2.05, 4.69) is 5.16 Å². The van der Waals surface area contributed by atoms with Crippen molar-refractivity contribution >= 4 is 0 Å². The van der Waals surface area contributed by atoms with Crippen LogP contribution in [0.4, 0.5) is 0 Å². The number of nitrogens with zero attached hydrogens (tertiary/aromatic N) is 3. The van der Waals surface area contributed by atoms with Gasteiger partial charge in [-0.05, 0) is 26.1 Å². The third kappa shape index (κ3) is 4.26. The van der Waals surface area contributed by atoms with E-state index in [1.165, 1.54) is 4.57 Å². The zero-order valence-electron chi connectivity index (χ0n) is 14.3. The van der Waals surface area contributed by atoms with Gasteiger partial charge in [0.1, 0.15) is 11.5 Å². The molecule has 3 aromatic rings. The van der Waals surface area contributed by atoms with Gasteiger partial charge in [0.25, 0.3) is 0 Å². The van der Waals surface area contributed by atoms with Crippen molar-refractivity contribution in [1.29, 1.82) is 0 Å². The van der Waals surface area contributed by atoms with Crippen LogP contribution in [0.1, 0.15) is 11.5 Å². The second kappa shape index (κ2) is 7.50. The Hall–Kier alpha value is -2.64. The minimum absolute atomic E-state index is 0.105. The smallest absolute Gasteiger partial charge is 0.441 e. The van der Waals surface area contributed by atoms with Crippen molar-refractivity contribution in [2.45, 2.75) is 26.1 Å². The predicted octanol–water partition coefficient (Wildman–Crippen LogP) is 1.90. The van der Waals surface area contributed by atoms with E-state index in [1.807, 2.05) is 61.3 Å². The van der Waals surface area contributed by atoms with Crippen LogP contribution in [0.5, 0.6) is 0 Å². The largest absolute Gasteiger partial charge is 0.465 e. The Morgan fingerprint density at radius 3 is 2.68 bits per heavy atom. The van der Waals surface area contributed by atoms with Crippen molar-refractivity contribution < 1.29 is 14.0 Å². The molecule has 0 aliphatic rings. The predicted molar refractivity (Wildman–Crippen MR) is 92.0 cm³/mol. The Morgan fingerprint density at radius 2 is 2.00 bits per heavy atom. The van der Waals surface area contributed by atoms with Crippen LogP contribution in [0.15, 0.2) is 56.2 Å². The molecule has 0 amide bonds. The highest BCUT2D eigenvalue weighted by molar-refractivity contribution is 5.54. The first-order chi connectivity index (χ1) is 12.0. The number of hydrogen-bond donors (Lipinski definition) is 1. The molecule has 7 nitrogen and oxygen atoms in total. The van der Waals surface area contributed by atoms with Gasteiger partial charge in [-0.3, -0.25) is 14.0 Å². The first-order valence-corrected chi connectivity index (χ1v) is 8.07. The molecule has 0 aliphatic heterocycles. The van der Waals surface area contributed by atoms with E-state index < -0.39 is 11.9 Å². The summed E-state index contributed by atoms with van der Waals surface area (Å²) in [5.74, 6) is 1.52. The van der Waals surface area contributed by atoms with Gasteiger partial charge >= 0.3 is 5.76 Å². The fourth-order valence-electron chi connectivity index (χ4n) is 2.75. The summed E-state index contributed by atoms with van der Waals surface area (Å²) in [5, 5.41) is 14.2. The summed E-state index contributed by atoms with van der Waals surface area (Å²) >= 11 is 0. The van der Waals surface area contributed by atoms with Crippen LogP contribution in [0.3, 0.4) is 0 Å². The minimum atomic E-state index is -0.749. The molecule has 1 atom stereocenters. The third-order valence-corrected chi connectivity index (χ3v) is 3.86. The maximum absolute atomic E-state index is 11.9. The van der Waals surface area contributed by atoms with Gasteiger partial charge in [-0.2, -0.15) is 0 Å². The van der Waals surface area contributed by atoms with Crippen molar-refractivity contribution in [1.82, 2.24) is 14.6 Å². The second-order valence-electron chi connectivity index (χ2n) is 6.11. The zero-order chi connectivity index (χ0) is 17.8. The molecule has 0 aliphatic carbocycles. The summed E-state index contributed by atoms with van der Waals surface area (Å²) in [6.45, 7) is 2.95. The molecule has 0 bridgehead atoms. The van der Waals surface area contributed by atoms with Crippen molar-refractivity contribution in [2.24, 2.45) is 0 Å². The molecule has 0 saturated heterocycles. The maximum atomic E-state index is 11.9. The molecule has 1 N–H and O–H groups in total. The minimum Gasteiger partial charge on any atom is -0.465 e. The summed E-state index contributed by atoms with van der Waals surface area (Å²) in [5.41, 5.74) is 0.764. The van der Waals surface area contributed by atoms with Gasteiger partial charge in [-0.15, -0.1) is 0 Å². The molecule has 0 radical (unpaired) electrons. The van der Waals surface area contributed by atoms with Crippen LogP contribution in [0.25, 0.3) is 11.4 Å². The van der Waals surface area contributed by atoms with Gasteiger partial charge < -0.3 is 9.52 Å². The highest BCUT2D eigenvalue weighted by Gasteiger charge is 2.17. The lowest BCUT2D eigenvalue weighted by Gasteiger charge is -2.19. The Morgan fingerprint density at radius 1 is 1.24 bits per heavy atom. The van der Waals surface area contributed by atoms with E-state index in [0.717, 1.165) is 17.1 Å². The molecule has 132 valence electrons. The summed E-state index contributed by atoms with van der Waals surface area (Å²) < 4.78 is 11.7. The van der Waals surface area contributed by atoms with Gasteiger partial charge in [0.05, 0.1) is 19.2 Å². The molecule has 2 heterocycles. The molecular weight excluding hydrogens is 322 g/mol. The average Bonchev–Trinajstić information content (AvgIpc) is 3.14. The standard InChI is InChI=1S/C18H21N3O4/c1-13-8-9-16(24-13)12-20(2)10-15(22)11-21-17(19-25-18(21)23)14-6-4-3-5-7-14/h3-9,15,22H,10-12H2,1-2H3. The lowest BCUT2D eigenvalue weighted by Crippen LogP contribution is -2.34. The number of aliphatic hydroxyl groups is 1. The summed E-state index contributed by atoms with van der Waals surface area (Å²) in [4.78, 5) is 13.9. The number of furan rings is 1. The van der Waals surface area contributed by atoms with E-state index in [1.54, 1.807) is 0 Å². The molecular formula is C18H21N3O4. The molecule has 1 aromatic carbocycles. The number of rotatable bonds is 7. The number of hydrogen-bond acceptors (Lipinski definition) is 6. The third-order valence-electron chi connectivity index (χ3n) is 3.86. The zero-order valence-corrected chi connectivity index (χ0v) is 14.3. The van der Waals surface area contributed by atoms with Gasteiger partial charge in [-0.1, -0.05) is 35.5 Å². The number of aromatic nitrogens is 2. The van der Waals surface area contributed by atoms with Crippen LogP contribution in [0.2, 0.25) is 0 Å². The first kappa shape index (κ1) is 17.2. The Balaban J connectivity index is 1.66. The highest BCUT2D eigenvalue weighted by Crippen LogP contribution is 2.15. The quantitative estimate of drug-likeness (QED) is 0.705. The summed E-state index contributed by atoms with van der Waals surface area (Å²) in [6.07, 6.45) is -0.749. The van der Waals surface area contributed by atoms with E-state index in [0.29, 0.717) is 18.9 Å². The molecule has 2 aromatic heterocycles. The topological polar surface area (TPSA) is 84.6 Å². The molecule has 0 fully saturated rings. The van der Waals surface area contributed by atoms with Crippen LogP contribution < -0.4 is 5.76 Å². The fourth-order valence-corrected chi connectivity index (χ4v) is 2.75. The van der Waals surface area contributed by atoms with E-state index in [-0.39, 0.29) is 6.54 Å². The first-order valence-electron chi connectivity index (χ1n) is 8.07. The van der Waals surface area contributed by atoms with Crippen LogP contribution in [-0.4, -0.2) is 39.4 Å². The van der Waals surface area contributed by atoms with Crippen molar-refractivity contribution in [3.63, 3.8) is 0 Å². The normalized spacial score (nSPS) is 12.6. The molecule has 7 heteroatoms. The van der Waals surface area contributed by atoms with E-state index in [9.17, 15) is 9.90 Å². The van der Waals surface area contributed by atoms with Gasteiger partial charge in [0, 0.05) is 12.1 Å². The Bertz CT molecular complexity index is 866. The number of likely N-dealkylation sites (N-methyl/N-ethyl adjacent to an activating group) is 1. The second-order valence-corrected chi connectivity index (χ2v) is 6.11. The monoisotopic (exact) mass is 343 g/mol. The fraction of sp³-hybridized carbons (Fsp3) is 0.333. The molecule has 3 rings (SSSR count). The van der Waals surface area contributed by atoms with Crippen LogP contribution in [-0.2, 0) is 13.1 Å². The van der Waals surface area contributed by atoms with E-state index >= 15 is 0 Å². The summed E-state index contributed by atoms with van der Waals surface area (Å²) in [7, 11) is 1.88. The molecule has 1 unspecified atom stereocenters. The highest BCUT2D eigenvalue weighted by atomic mass is 16.5. The Labute approximate surface area is 145 Å². The number of aliphatic hydroxyl groups excluding tert-OH is 1. The molecule has 0 spiro atoms. The molecule has 25 heavy (non-hydrogen) atoms. The Kier molecular flexibility index (Phi) is 5.16. The van der Waals surface area contributed by atoms with Crippen molar-refractivity contribution in [2.75, 3.05) is 13.6 Å². The van der Waals surface area contributed by atoms with Crippen LogP contribution >= 0.6 is 0 Å². The van der Waals surface area contributed by atoms with Gasteiger partial charge in [0.15, 0.2) is 5.82 Å².